The monoisotopic (exact) mass is 402 g/mol. The first-order chi connectivity index (χ1) is 12.6. The predicted molar refractivity (Wildman–Crippen MR) is 106 cm³/mol. The molecule has 4 aromatic rings. The van der Waals surface area contributed by atoms with Gasteiger partial charge in [0.15, 0.2) is 4.96 Å². The molecule has 1 aromatic carbocycles. The van der Waals surface area contributed by atoms with Gasteiger partial charge in [0, 0.05) is 28.2 Å². The number of aryl methyl sites for hydroxylation is 1. The minimum atomic E-state index is -0.0529. The molecule has 8 heteroatoms. The number of carbonyl (C=O) groups excluding carboxylic acids is 1. The second kappa shape index (κ2) is 7.19. The lowest BCUT2D eigenvalue weighted by atomic mass is 10.2. The van der Waals surface area contributed by atoms with Crippen LogP contribution < -0.4 is 5.32 Å². The lowest BCUT2D eigenvalue weighted by Crippen LogP contribution is -2.24. The third-order valence-corrected chi connectivity index (χ3v) is 6.22. The maximum atomic E-state index is 12.2. The molecule has 0 atom stereocenters. The van der Waals surface area contributed by atoms with Gasteiger partial charge in [-0.2, -0.15) is 0 Å². The summed E-state index contributed by atoms with van der Waals surface area (Å²) in [6.07, 6.45) is 4.09. The molecule has 1 amide bonds. The number of nitrogens with zero attached hydrogens (tertiary/aromatic N) is 3. The summed E-state index contributed by atoms with van der Waals surface area (Å²) >= 11 is 9.35. The zero-order valence-electron chi connectivity index (χ0n) is 13.9. The zero-order chi connectivity index (χ0) is 18.1. The number of thiazole rings is 2. The van der Waals surface area contributed by atoms with Gasteiger partial charge >= 0.3 is 0 Å². The molecule has 0 fully saturated rings. The summed E-state index contributed by atoms with van der Waals surface area (Å²) in [6.45, 7) is 2.40. The van der Waals surface area contributed by atoms with Crippen LogP contribution in [-0.4, -0.2) is 20.3 Å². The van der Waals surface area contributed by atoms with Gasteiger partial charge < -0.3 is 5.32 Å². The summed E-state index contributed by atoms with van der Waals surface area (Å²) in [7, 11) is 0. The Morgan fingerprint density at radius 3 is 2.96 bits per heavy atom. The first-order valence-corrected chi connectivity index (χ1v) is 10.1. The Kier molecular flexibility index (Phi) is 4.76. The average molecular weight is 403 g/mol. The number of carbonyl (C=O) groups is 1. The van der Waals surface area contributed by atoms with Crippen LogP contribution in [0.3, 0.4) is 0 Å². The van der Waals surface area contributed by atoms with Crippen LogP contribution in [0.1, 0.15) is 16.3 Å². The predicted octanol–water partition coefficient (Wildman–Crippen LogP) is 4.34. The van der Waals surface area contributed by atoms with E-state index >= 15 is 0 Å². The molecule has 3 heterocycles. The van der Waals surface area contributed by atoms with E-state index in [1.54, 1.807) is 22.7 Å². The van der Waals surface area contributed by atoms with Crippen LogP contribution in [0.25, 0.3) is 15.5 Å². The third-order valence-electron chi connectivity index (χ3n) is 3.93. The van der Waals surface area contributed by atoms with E-state index in [2.05, 4.69) is 15.3 Å². The number of imidazole rings is 1. The van der Waals surface area contributed by atoms with E-state index in [0.717, 1.165) is 31.8 Å². The van der Waals surface area contributed by atoms with Crippen molar-refractivity contribution in [3.8, 4) is 10.6 Å². The highest BCUT2D eigenvalue weighted by molar-refractivity contribution is 7.15. The molecule has 0 aliphatic rings. The number of nitrogens with one attached hydrogen (secondary N) is 1. The van der Waals surface area contributed by atoms with Gasteiger partial charge in [-0.25, -0.2) is 9.97 Å². The third kappa shape index (κ3) is 3.51. The molecule has 0 saturated heterocycles. The van der Waals surface area contributed by atoms with Crippen molar-refractivity contribution in [2.24, 2.45) is 0 Å². The van der Waals surface area contributed by atoms with E-state index in [1.807, 2.05) is 53.4 Å². The van der Waals surface area contributed by atoms with Crippen molar-refractivity contribution >= 4 is 45.1 Å². The fourth-order valence-corrected chi connectivity index (χ4v) is 4.65. The quantitative estimate of drug-likeness (QED) is 0.540. The van der Waals surface area contributed by atoms with Crippen LogP contribution in [0.5, 0.6) is 0 Å². The second-order valence-electron chi connectivity index (χ2n) is 5.79. The minimum Gasteiger partial charge on any atom is -0.351 e. The Morgan fingerprint density at radius 2 is 2.15 bits per heavy atom. The van der Waals surface area contributed by atoms with E-state index in [4.69, 9.17) is 11.6 Å². The number of amides is 1. The van der Waals surface area contributed by atoms with Gasteiger partial charge in [-0.3, -0.25) is 9.20 Å². The highest BCUT2D eigenvalue weighted by Gasteiger charge is 2.13. The Bertz CT molecular complexity index is 1050. The minimum absolute atomic E-state index is 0.0529. The van der Waals surface area contributed by atoms with Crippen LogP contribution in [0.4, 0.5) is 0 Å². The smallest absolute Gasteiger partial charge is 0.226 e. The Morgan fingerprint density at radius 1 is 1.31 bits per heavy atom. The maximum Gasteiger partial charge on any atom is 0.226 e. The normalized spacial score (nSPS) is 11.2. The lowest BCUT2D eigenvalue weighted by Gasteiger charge is -2.02. The highest BCUT2D eigenvalue weighted by atomic mass is 35.5. The maximum absolute atomic E-state index is 12.2. The van der Waals surface area contributed by atoms with Gasteiger partial charge in [0.05, 0.1) is 29.4 Å². The topological polar surface area (TPSA) is 59.3 Å². The molecule has 4 rings (SSSR count). The molecule has 0 saturated carbocycles. The van der Waals surface area contributed by atoms with Crippen molar-refractivity contribution in [1.29, 1.82) is 0 Å². The molecule has 1 N–H and O–H groups in total. The van der Waals surface area contributed by atoms with Crippen LogP contribution in [0, 0.1) is 6.92 Å². The van der Waals surface area contributed by atoms with Crippen LogP contribution in [0.2, 0.25) is 5.02 Å². The van der Waals surface area contributed by atoms with Crippen molar-refractivity contribution in [3.63, 3.8) is 0 Å². The number of halogens is 1. The van der Waals surface area contributed by atoms with Gasteiger partial charge in [-0.05, 0) is 13.0 Å². The molecule has 3 aromatic heterocycles. The van der Waals surface area contributed by atoms with E-state index in [9.17, 15) is 4.79 Å². The average Bonchev–Trinajstić information content (AvgIpc) is 3.28. The number of rotatable bonds is 5. The van der Waals surface area contributed by atoms with Crippen molar-refractivity contribution in [2.75, 3.05) is 0 Å². The van der Waals surface area contributed by atoms with E-state index < -0.39 is 0 Å². The summed E-state index contributed by atoms with van der Waals surface area (Å²) in [5, 5.41) is 6.47. The van der Waals surface area contributed by atoms with Gasteiger partial charge in [0.1, 0.15) is 5.01 Å². The number of aromatic nitrogens is 3. The van der Waals surface area contributed by atoms with E-state index in [0.29, 0.717) is 11.6 Å². The lowest BCUT2D eigenvalue weighted by molar-refractivity contribution is -0.120. The van der Waals surface area contributed by atoms with Gasteiger partial charge in [-0.15, -0.1) is 22.7 Å². The standard InChI is InChI=1S/C18H15ClN4OS2/c1-11-15(26-17(21-11)13-4-2-3-5-14(13)19)9-20-16(24)8-12-10-23-6-7-25-18(23)22-12/h2-7,10H,8-9H2,1H3,(H,20,24). The molecule has 0 aliphatic carbocycles. The molecule has 132 valence electrons. The highest BCUT2D eigenvalue weighted by Crippen LogP contribution is 2.32. The SMILES string of the molecule is Cc1nc(-c2ccccc2Cl)sc1CNC(=O)Cc1cn2ccsc2n1. The Hall–Kier alpha value is -2.22. The van der Waals surface area contributed by atoms with Gasteiger partial charge in [0.2, 0.25) is 5.91 Å². The largest absolute Gasteiger partial charge is 0.351 e. The molecule has 26 heavy (non-hydrogen) atoms. The summed E-state index contributed by atoms with van der Waals surface area (Å²) < 4.78 is 1.93. The van der Waals surface area contributed by atoms with Gasteiger partial charge in [-0.1, -0.05) is 29.8 Å². The first-order valence-electron chi connectivity index (χ1n) is 7.99. The van der Waals surface area contributed by atoms with Gasteiger partial charge in [0.25, 0.3) is 0 Å². The first kappa shape index (κ1) is 17.2. The van der Waals surface area contributed by atoms with Crippen LogP contribution in [0.15, 0.2) is 42.0 Å². The van der Waals surface area contributed by atoms with Crippen molar-refractivity contribution in [1.82, 2.24) is 19.7 Å². The van der Waals surface area contributed by atoms with Crippen molar-refractivity contribution in [3.05, 3.63) is 63.3 Å². The molecule has 0 aliphatic heterocycles. The number of hydrogen-bond donors (Lipinski definition) is 1. The summed E-state index contributed by atoms with van der Waals surface area (Å²) in [5.41, 5.74) is 2.60. The zero-order valence-corrected chi connectivity index (χ0v) is 16.3. The van der Waals surface area contributed by atoms with Crippen LogP contribution in [-0.2, 0) is 17.8 Å². The van der Waals surface area contributed by atoms with Crippen molar-refractivity contribution < 1.29 is 4.79 Å². The summed E-state index contributed by atoms with van der Waals surface area (Å²) in [5.74, 6) is -0.0529. The molecule has 0 unspecified atom stereocenters. The van der Waals surface area contributed by atoms with E-state index in [-0.39, 0.29) is 12.3 Å². The number of fused-ring (bicyclic) bond motifs is 1. The Labute approximate surface area is 163 Å². The molecule has 5 nitrogen and oxygen atoms in total. The fraction of sp³-hybridized carbons (Fsp3) is 0.167. The molecular weight excluding hydrogens is 388 g/mol. The second-order valence-corrected chi connectivity index (χ2v) is 8.15. The van der Waals surface area contributed by atoms with Crippen LogP contribution >= 0.6 is 34.3 Å². The summed E-state index contributed by atoms with van der Waals surface area (Å²) in [4.78, 5) is 23.2. The number of hydrogen-bond acceptors (Lipinski definition) is 5. The molecule has 0 radical (unpaired) electrons. The number of benzene rings is 1. The molecule has 0 bridgehead atoms. The molecule has 0 spiro atoms. The summed E-state index contributed by atoms with van der Waals surface area (Å²) in [6, 6.07) is 7.64. The van der Waals surface area contributed by atoms with Crippen molar-refractivity contribution in [2.45, 2.75) is 19.9 Å². The molecular formula is C18H15ClN4OS2. The Balaban J connectivity index is 1.42. The van der Waals surface area contributed by atoms with E-state index in [1.165, 1.54) is 0 Å². The fourth-order valence-electron chi connectivity index (χ4n) is 2.61.